The highest BCUT2D eigenvalue weighted by Gasteiger charge is 2.23. The molecule has 19 aromatic rings. The van der Waals surface area contributed by atoms with Gasteiger partial charge in [0.1, 0.15) is 0 Å². The average Bonchev–Trinajstić information content (AvgIpc) is 0.775. The number of hydrogen-bond acceptors (Lipinski definition) is 2. The topological polar surface area (TPSA) is 6.48 Å². The first-order valence-electron chi connectivity index (χ1n) is 38.5. The van der Waals surface area contributed by atoms with E-state index >= 15 is 0 Å². The second-order valence-electron chi connectivity index (χ2n) is 28.7. The Hall–Kier alpha value is -14.7. The number of anilines is 6. The molecule has 0 amide bonds. The lowest BCUT2D eigenvalue weighted by molar-refractivity contribution is 1.28. The van der Waals surface area contributed by atoms with Crippen molar-refractivity contribution in [2.75, 3.05) is 9.80 Å². The van der Waals surface area contributed by atoms with Gasteiger partial charge in [0.25, 0.3) is 0 Å². The van der Waals surface area contributed by atoms with Crippen molar-refractivity contribution in [3.8, 4) is 134 Å². The second kappa shape index (κ2) is 30.5. The molecular formula is C110H76N2. The molecule has 2 heteroatoms. The summed E-state index contributed by atoms with van der Waals surface area (Å²) < 4.78 is 0. The molecule has 0 fully saturated rings. The number of nitrogens with zero attached hydrogens (tertiary/aromatic N) is 2. The van der Waals surface area contributed by atoms with Crippen molar-refractivity contribution in [3.63, 3.8) is 0 Å². The highest BCUT2D eigenvalue weighted by atomic mass is 15.2. The number of benzene rings is 19. The fraction of sp³-hybridized carbons (Fsp3) is 0. The summed E-state index contributed by atoms with van der Waals surface area (Å²) in [4.78, 5) is 4.85. The van der Waals surface area contributed by atoms with Gasteiger partial charge in [0.05, 0.1) is 11.4 Å². The van der Waals surface area contributed by atoms with Crippen LogP contribution in [0, 0.1) is 0 Å². The van der Waals surface area contributed by atoms with Crippen molar-refractivity contribution >= 4 is 55.7 Å². The Morgan fingerprint density at radius 3 is 0.804 bits per heavy atom. The SMILES string of the molecule is c1ccc(-c2cccc(-c3cccc(N(c4ccc(-c5ccc(-c6ccc(-c7ccc8c(-c9cccc(-c%10ccccc%10N(c%10cccc(-c%11ccccc%11)c%10)c%10cccc(-c%11cccc(-c%12ccccc%12)c%11)c%10)c9)cccc8c7)cc6)cc5)cc4)c4ccccc4-c4cccc(-c5cccc6ccccc56)c4)c3)c2)cc1. The summed E-state index contributed by atoms with van der Waals surface area (Å²) in [6.07, 6.45) is 0. The van der Waals surface area contributed by atoms with E-state index in [0.717, 1.165) is 95.3 Å². The highest BCUT2D eigenvalue weighted by molar-refractivity contribution is 6.02. The van der Waals surface area contributed by atoms with E-state index in [2.05, 4.69) is 471 Å². The van der Waals surface area contributed by atoms with Crippen molar-refractivity contribution in [1.29, 1.82) is 0 Å². The number of hydrogen-bond donors (Lipinski definition) is 0. The summed E-state index contributed by atoms with van der Waals surface area (Å²) in [7, 11) is 0. The fourth-order valence-electron chi connectivity index (χ4n) is 16.2. The third-order valence-corrected chi connectivity index (χ3v) is 21.9. The van der Waals surface area contributed by atoms with Gasteiger partial charge in [-0.25, -0.2) is 0 Å². The molecule has 0 unspecified atom stereocenters. The van der Waals surface area contributed by atoms with Gasteiger partial charge in [0.2, 0.25) is 0 Å². The first-order valence-corrected chi connectivity index (χ1v) is 38.5. The zero-order chi connectivity index (χ0) is 74.5. The van der Waals surface area contributed by atoms with Crippen molar-refractivity contribution in [2.24, 2.45) is 0 Å². The van der Waals surface area contributed by atoms with Crippen LogP contribution in [0.4, 0.5) is 34.1 Å². The standard InChI is InChI=1S/C110H76N2/c1-4-25-77(26-5-1)86-33-16-35-88(69-86)91-38-21-45-100(75-91)111(109-53-14-12-49-107(109)97-42-18-40-95(72-97)104-51-23-32-85-31-10-11-48-103(85)104)99-66-63-83(64-67-99)82-57-55-80(56-58-82)81-59-61-84(62-60-81)93-65-68-106-94(71-93)44-24-52-105(106)96-41-19-43-98(73-96)108-50-13-15-54-110(108)112(101-46-20-37-90(74-101)79-29-8-3-9-30-79)102-47-22-39-92(76-102)89-36-17-34-87(70-89)78-27-6-2-7-28-78/h1-76H. The summed E-state index contributed by atoms with van der Waals surface area (Å²) in [5.41, 5.74) is 34.5. The Kier molecular flexibility index (Phi) is 18.5. The normalized spacial score (nSPS) is 11.2. The van der Waals surface area contributed by atoms with E-state index in [1.807, 2.05) is 0 Å². The van der Waals surface area contributed by atoms with Gasteiger partial charge in [0, 0.05) is 33.9 Å². The van der Waals surface area contributed by atoms with Crippen LogP contribution in [-0.2, 0) is 0 Å². The van der Waals surface area contributed by atoms with Crippen LogP contribution in [0.2, 0.25) is 0 Å². The maximum Gasteiger partial charge on any atom is 0.0540 e. The van der Waals surface area contributed by atoms with Gasteiger partial charge >= 0.3 is 0 Å². The smallest absolute Gasteiger partial charge is 0.0540 e. The van der Waals surface area contributed by atoms with E-state index in [4.69, 9.17) is 0 Å². The lowest BCUT2D eigenvalue weighted by Crippen LogP contribution is -2.11. The molecule has 0 heterocycles. The van der Waals surface area contributed by atoms with E-state index in [0.29, 0.717) is 0 Å². The predicted octanol–water partition coefficient (Wildman–Crippen LogP) is 30.9. The van der Waals surface area contributed by atoms with Crippen LogP contribution >= 0.6 is 0 Å². The van der Waals surface area contributed by atoms with Crippen molar-refractivity contribution in [2.45, 2.75) is 0 Å². The number of fused-ring (bicyclic) bond motifs is 2. The highest BCUT2D eigenvalue weighted by Crippen LogP contribution is 2.47. The number of para-hydroxylation sites is 2. The Bertz CT molecular complexity index is 6600. The number of rotatable bonds is 18. The van der Waals surface area contributed by atoms with Crippen LogP contribution < -0.4 is 9.80 Å². The average molecular weight is 1430 g/mol. The molecule has 19 aromatic carbocycles. The largest absolute Gasteiger partial charge is 0.310 e. The minimum atomic E-state index is 1.06. The lowest BCUT2D eigenvalue weighted by Gasteiger charge is -2.29. The zero-order valence-electron chi connectivity index (χ0n) is 61.8. The van der Waals surface area contributed by atoms with Crippen LogP contribution in [0.15, 0.2) is 461 Å². The van der Waals surface area contributed by atoms with Crippen LogP contribution in [0.3, 0.4) is 0 Å². The molecule has 0 aliphatic carbocycles. The Morgan fingerprint density at radius 2 is 0.357 bits per heavy atom. The summed E-state index contributed by atoms with van der Waals surface area (Å²) in [6.45, 7) is 0. The Balaban J connectivity index is 0.595. The maximum absolute atomic E-state index is 2.43. The lowest BCUT2D eigenvalue weighted by atomic mass is 9.92. The molecule has 112 heavy (non-hydrogen) atoms. The molecule has 0 saturated carbocycles. The van der Waals surface area contributed by atoms with Crippen LogP contribution in [-0.4, -0.2) is 0 Å². The van der Waals surface area contributed by atoms with Gasteiger partial charge in [-0.1, -0.05) is 370 Å². The molecule has 0 N–H and O–H groups in total. The van der Waals surface area contributed by atoms with E-state index in [1.54, 1.807) is 0 Å². The first-order chi connectivity index (χ1) is 55.5. The molecule has 0 aromatic heterocycles. The van der Waals surface area contributed by atoms with Gasteiger partial charge in [-0.3, -0.25) is 0 Å². The zero-order valence-corrected chi connectivity index (χ0v) is 61.8. The Morgan fingerprint density at radius 1 is 0.116 bits per heavy atom. The summed E-state index contributed by atoms with van der Waals surface area (Å²) in [6, 6.07) is 168. The summed E-state index contributed by atoms with van der Waals surface area (Å²) >= 11 is 0. The molecule has 526 valence electrons. The third-order valence-electron chi connectivity index (χ3n) is 21.9. The van der Waals surface area contributed by atoms with E-state index in [9.17, 15) is 0 Å². The molecule has 0 atom stereocenters. The van der Waals surface area contributed by atoms with E-state index < -0.39 is 0 Å². The van der Waals surface area contributed by atoms with Crippen LogP contribution in [0.1, 0.15) is 0 Å². The molecule has 0 bridgehead atoms. The second-order valence-corrected chi connectivity index (χ2v) is 28.7. The Labute approximate surface area is 655 Å². The van der Waals surface area contributed by atoms with Crippen molar-refractivity contribution in [1.82, 2.24) is 0 Å². The van der Waals surface area contributed by atoms with Gasteiger partial charge in [-0.2, -0.15) is 0 Å². The van der Waals surface area contributed by atoms with Gasteiger partial charge < -0.3 is 9.80 Å². The van der Waals surface area contributed by atoms with Gasteiger partial charge in [-0.15, -0.1) is 0 Å². The molecule has 0 aliphatic heterocycles. The molecule has 0 radical (unpaired) electrons. The quantitative estimate of drug-likeness (QED) is 0.0845. The molecule has 2 nitrogen and oxygen atoms in total. The molecule has 0 spiro atoms. The van der Waals surface area contributed by atoms with E-state index in [-0.39, 0.29) is 0 Å². The van der Waals surface area contributed by atoms with Crippen molar-refractivity contribution < 1.29 is 0 Å². The summed E-state index contributed by atoms with van der Waals surface area (Å²) in [5, 5.41) is 4.88. The van der Waals surface area contributed by atoms with Crippen LogP contribution in [0.25, 0.3) is 155 Å². The minimum absolute atomic E-state index is 1.06. The fourth-order valence-corrected chi connectivity index (χ4v) is 16.2. The van der Waals surface area contributed by atoms with Gasteiger partial charge in [0.15, 0.2) is 0 Å². The minimum Gasteiger partial charge on any atom is -0.310 e. The molecular weight excluding hydrogens is 1350 g/mol. The third kappa shape index (κ3) is 13.9. The van der Waals surface area contributed by atoms with Crippen LogP contribution in [0.5, 0.6) is 0 Å². The monoisotopic (exact) mass is 1420 g/mol. The van der Waals surface area contributed by atoms with Crippen molar-refractivity contribution in [3.05, 3.63) is 461 Å². The molecule has 0 saturated heterocycles. The maximum atomic E-state index is 2.43. The molecule has 0 aliphatic rings. The van der Waals surface area contributed by atoms with Gasteiger partial charge in [-0.05, 0) is 235 Å². The first kappa shape index (κ1) is 67.9. The predicted molar refractivity (Wildman–Crippen MR) is 476 cm³/mol. The van der Waals surface area contributed by atoms with E-state index in [1.165, 1.54) is 93.9 Å². The summed E-state index contributed by atoms with van der Waals surface area (Å²) in [5.74, 6) is 0. The molecule has 19 rings (SSSR count).